The van der Waals surface area contributed by atoms with Crippen LogP contribution >= 0.6 is 11.8 Å². The van der Waals surface area contributed by atoms with E-state index in [-0.39, 0.29) is 41.8 Å². The van der Waals surface area contributed by atoms with Crippen molar-refractivity contribution in [2.24, 2.45) is 0 Å². The van der Waals surface area contributed by atoms with E-state index >= 15 is 0 Å². The molecule has 0 saturated heterocycles. The molecule has 0 aromatic carbocycles. The highest BCUT2D eigenvalue weighted by Crippen LogP contribution is 2.20. The number of amides is 2. The molecule has 0 aliphatic carbocycles. The molecule has 1 aromatic rings. The van der Waals surface area contributed by atoms with Crippen LogP contribution in [0.25, 0.3) is 0 Å². The van der Waals surface area contributed by atoms with Crippen LogP contribution in [-0.4, -0.2) is 47.2 Å². The van der Waals surface area contributed by atoms with Gasteiger partial charge in [0, 0.05) is 18.3 Å². The molecule has 132 valence electrons. The van der Waals surface area contributed by atoms with Crippen LogP contribution in [-0.2, 0) is 14.3 Å². The molecule has 0 aliphatic heterocycles. The van der Waals surface area contributed by atoms with Gasteiger partial charge in [0.05, 0.1) is 11.3 Å². The van der Waals surface area contributed by atoms with E-state index < -0.39 is 5.97 Å². The number of carbonyl (C=O) groups excluding carboxylic acids is 3. The Labute approximate surface area is 145 Å². The Morgan fingerprint density at radius 3 is 2.38 bits per heavy atom. The minimum atomic E-state index is -0.645. The van der Waals surface area contributed by atoms with Gasteiger partial charge in [0.25, 0.3) is 5.91 Å². The van der Waals surface area contributed by atoms with Crippen LogP contribution in [0, 0.1) is 0 Å². The van der Waals surface area contributed by atoms with E-state index in [4.69, 9.17) is 4.74 Å². The summed E-state index contributed by atoms with van der Waals surface area (Å²) in [7, 11) is 0. The number of hydrogen-bond acceptors (Lipinski definition) is 6. The second kappa shape index (κ2) is 9.92. The Kier molecular flexibility index (Phi) is 8.25. The monoisotopic (exact) mass is 353 g/mol. The zero-order valence-electron chi connectivity index (χ0n) is 14.3. The fourth-order valence-corrected chi connectivity index (χ4v) is 2.52. The molecule has 2 amide bonds. The zero-order valence-corrected chi connectivity index (χ0v) is 15.1. The van der Waals surface area contributed by atoms with Crippen molar-refractivity contribution in [3.63, 3.8) is 0 Å². The van der Waals surface area contributed by atoms with Gasteiger partial charge in [-0.15, -0.1) is 0 Å². The molecule has 0 radical (unpaired) electrons. The first-order valence-electron chi connectivity index (χ1n) is 7.63. The lowest BCUT2D eigenvalue weighted by Crippen LogP contribution is -2.34. The van der Waals surface area contributed by atoms with Gasteiger partial charge in [-0.05, 0) is 39.8 Å². The highest BCUT2D eigenvalue weighted by Gasteiger charge is 2.17. The van der Waals surface area contributed by atoms with Gasteiger partial charge in [-0.3, -0.25) is 9.59 Å². The summed E-state index contributed by atoms with van der Waals surface area (Å²) in [6, 6.07) is 3.17. The van der Waals surface area contributed by atoms with Crippen LogP contribution < -0.4 is 10.6 Å². The maximum absolute atomic E-state index is 12.1. The van der Waals surface area contributed by atoms with Gasteiger partial charge in [0.15, 0.2) is 6.61 Å². The van der Waals surface area contributed by atoms with Gasteiger partial charge in [0.1, 0.15) is 5.03 Å². The van der Waals surface area contributed by atoms with Gasteiger partial charge in [-0.2, -0.15) is 0 Å². The third-order valence-corrected chi connectivity index (χ3v) is 3.57. The molecule has 2 N–H and O–H groups in total. The summed E-state index contributed by atoms with van der Waals surface area (Å²) in [5, 5.41) is 5.79. The van der Waals surface area contributed by atoms with E-state index in [1.54, 1.807) is 12.1 Å². The average Bonchev–Trinajstić information content (AvgIpc) is 2.49. The van der Waals surface area contributed by atoms with Crippen LogP contribution in [0.5, 0.6) is 0 Å². The predicted molar refractivity (Wildman–Crippen MR) is 91.8 cm³/mol. The van der Waals surface area contributed by atoms with Crippen molar-refractivity contribution in [1.82, 2.24) is 15.6 Å². The first kappa shape index (κ1) is 20.0. The van der Waals surface area contributed by atoms with E-state index in [0.29, 0.717) is 5.03 Å². The fourth-order valence-electron chi connectivity index (χ4n) is 1.73. The highest BCUT2D eigenvalue weighted by molar-refractivity contribution is 8.00. The number of nitrogens with one attached hydrogen (secondary N) is 2. The predicted octanol–water partition coefficient (Wildman–Crippen LogP) is 1.38. The van der Waals surface area contributed by atoms with Crippen molar-refractivity contribution in [2.75, 3.05) is 12.4 Å². The Balaban J connectivity index is 2.63. The molecule has 0 unspecified atom stereocenters. The molecular formula is C16H23N3O4S. The Morgan fingerprint density at radius 1 is 1.12 bits per heavy atom. The molecule has 1 aromatic heterocycles. The average molecular weight is 353 g/mol. The molecular weight excluding hydrogens is 330 g/mol. The molecule has 0 spiro atoms. The van der Waals surface area contributed by atoms with Gasteiger partial charge >= 0.3 is 5.97 Å². The number of carbonyl (C=O) groups is 3. The Bertz CT molecular complexity index is 590. The molecule has 0 aliphatic rings. The second-order valence-corrected chi connectivity index (χ2v) is 6.63. The van der Waals surface area contributed by atoms with Gasteiger partial charge in [0.2, 0.25) is 5.91 Å². The number of nitrogens with zero attached hydrogens (tertiary/aromatic N) is 1. The van der Waals surface area contributed by atoms with E-state index in [1.165, 1.54) is 6.20 Å². The van der Waals surface area contributed by atoms with Crippen LogP contribution in [0.15, 0.2) is 23.4 Å². The van der Waals surface area contributed by atoms with Crippen molar-refractivity contribution in [3.8, 4) is 0 Å². The minimum absolute atomic E-state index is 0.0276. The molecule has 0 atom stereocenters. The van der Waals surface area contributed by atoms with Crippen molar-refractivity contribution in [1.29, 1.82) is 0 Å². The smallest absolute Gasteiger partial charge is 0.341 e. The van der Waals surface area contributed by atoms with Gasteiger partial charge < -0.3 is 15.4 Å². The number of hydrogen-bond donors (Lipinski definition) is 2. The maximum atomic E-state index is 12.1. The quantitative estimate of drug-likeness (QED) is 0.541. The molecule has 0 bridgehead atoms. The lowest BCUT2D eigenvalue weighted by Gasteiger charge is -2.11. The summed E-state index contributed by atoms with van der Waals surface area (Å²) in [6.45, 7) is 7.02. The molecule has 7 nitrogen and oxygen atoms in total. The van der Waals surface area contributed by atoms with Crippen LogP contribution in [0.3, 0.4) is 0 Å². The number of thioether (sulfide) groups is 1. The lowest BCUT2D eigenvalue weighted by atomic mass is 10.3. The highest BCUT2D eigenvalue weighted by atomic mass is 32.2. The number of ether oxygens (including phenoxy) is 1. The van der Waals surface area contributed by atoms with Crippen molar-refractivity contribution < 1.29 is 19.1 Å². The number of pyridine rings is 1. The van der Waals surface area contributed by atoms with Crippen molar-refractivity contribution in [3.05, 3.63) is 23.9 Å². The summed E-state index contributed by atoms with van der Waals surface area (Å²) >= 11 is 1.15. The molecule has 24 heavy (non-hydrogen) atoms. The second-order valence-electron chi connectivity index (χ2n) is 5.67. The molecule has 8 heteroatoms. The SMILES string of the molecule is CC(C)NC(=O)COC(=O)c1cccnc1SCC(=O)NC(C)C. The molecule has 0 saturated carbocycles. The maximum Gasteiger partial charge on any atom is 0.341 e. The largest absolute Gasteiger partial charge is 0.452 e. The Hall–Kier alpha value is -2.09. The third-order valence-electron chi connectivity index (χ3n) is 2.56. The standard InChI is InChI=1S/C16H23N3O4S/c1-10(2)18-13(20)8-23-16(22)12-6-5-7-17-15(12)24-9-14(21)19-11(3)4/h5-7,10-11H,8-9H2,1-4H3,(H,18,20)(H,19,21). The summed E-state index contributed by atoms with van der Waals surface area (Å²) in [4.78, 5) is 39.5. The normalized spacial score (nSPS) is 10.6. The molecule has 1 heterocycles. The van der Waals surface area contributed by atoms with Crippen LogP contribution in [0.1, 0.15) is 38.1 Å². The van der Waals surface area contributed by atoms with E-state index in [1.807, 2.05) is 27.7 Å². The van der Waals surface area contributed by atoms with E-state index in [9.17, 15) is 14.4 Å². The summed E-state index contributed by atoms with van der Waals surface area (Å²) < 4.78 is 5.00. The van der Waals surface area contributed by atoms with Crippen LogP contribution in [0.2, 0.25) is 0 Å². The zero-order chi connectivity index (χ0) is 18.1. The van der Waals surface area contributed by atoms with E-state index in [2.05, 4.69) is 15.6 Å². The third kappa shape index (κ3) is 7.45. The van der Waals surface area contributed by atoms with Crippen LogP contribution in [0.4, 0.5) is 0 Å². The summed E-state index contributed by atoms with van der Waals surface area (Å²) in [5.41, 5.74) is 0.234. The minimum Gasteiger partial charge on any atom is -0.452 e. The topological polar surface area (TPSA) is 97.4 Å². The van der Waals surface area contributed by atoms with Gasteiger partial charge in [-0.1, -0.05) is 11.8 Å². The Morgan fingerprint density at radius 2 is 1.75 bits per heavy atom. The van der Waals surface area contributed by atoms with Crippen molar-refractivity contribution >= 4 is 29.5 Å². The molecule has 0 fully saturated rings. The fraction of sp³-hybridized carbons (Fsp3) is 0.500. The number of esters is 1. The van der Waals surface area contributed by atoms with Gasteiger partial charge in [-0.25, -0.2) is 9.78 Å². The van der Waals surface area contributed by atoms with Crippen molar-refractivity contribution in [2.45, 2.75) is 44.8 Å². The lowest BCUT2D eigenvalue weighted by molar-refractivity contribution is -0.124. The number of aromatic nitrogens is 1. The summed E-state index contributed by atoms with van der Waals surface area (Å²) in [6.07, 6.45) is 1.53. The molecule has 1 rings (SSSR count). The number of rotatable bonds is 8. The van der Waals surface area contributed by atoms with E-state index in [0.717, 1.165) is 11.8 Å². The summed E-state index contributed by atoms with van der Waals surface area (Å²) in [5.74, 6) is -1.01. The first-order chi connectivity index (χ1) is 11.3. The first-order valence-corrected chi connectivity index (χ1v) is 8.61.